The van der Waals surface area contributed by atoms with Gasteiger partial charge in [-0.25, -0.2) is 9.98 Å². The Kier molecular flexibility index (Phi) is 7.99. The molecule has 0 spiro atoms. The van der Waals surface area contributed by atoms with Crippen molar-refractivity contribution in [1.29, 1.82) is 0 Å². The molecule has 6 aromatic carbocycles. The largest absolute Gasteiger partial charge is 0.344 e. The lowest BCUT2D eigenvalue weighted by Crippen LogP contribution is -2.38. The van der Waals surface area contributed by atoms with Crippen molar-refractivity contribution in [2.45, 2.75) is 31.0 Å². The Morgan fingerprint density at radius 2 is 1.40 bits per heavy atom. The Morgan fingerprint density at radius 1 is 0.629 bits per heavy atom. The summed E-state index contributed by atoms with van der Waals surface area (Å²) in [7, 11) is 0. The zero-order chi connectivity index (χ0) is 40.7. The summed E-state index contributed by atoms with van der Waals surface area (Å²) in [5, 5.41) is 10.2. The smallest absolute Gasteiger partial charge is 0.159 e. The van der Waals surface area contributed by atoms with E-state index in [1.165, 1.54) is 71.9 Å². The van der Waals surface area contributed by atoms with Crippen LogP contribution >= 0.6 is 0 Å². The van der Waals surface area contributed by atoms with E-state index in [1.807, 2.05) is 6.07 Å². The maximum absolute atomic E-state index is 5.27. The molecule has 0 bridgehead atoms. The summed E-state index contributed by atoms with van der Waals surface area (Å²) >= 11 is 0. The molecule has 0 amide bonds. The maximum Gasteiger partial charge on any atom is 0.159 e. The Morgan fingerprint density at radius 3 is 2.29 bits per heavy atom. The first-order valence-corrected chi connectivity index (χ1v) is 22.0. The van der Waals surface area contributed by atoms with E-state index in [9.17, 15) is 0 Å². The summed E-state index contributed by atoms with van der Waals surface area (Å²) in [6.07, 6.45) is 29.6. The monoisotopic (exact) mass is 797 g/mol. The van der Waals surface area contributed by atoms with Gasteiger partial charge in [0.15, 0.2) is 5.84 Å². The molecule has 296 valence electrons. The van der Waals surface area contributed by atoms with Crippen LogP contribution in [0.1, 0.15) is 46.5 Å². The van der Waals surface area contributed by atoms with Gasteiger partial charge >= 0.3 is 0 Å². The van der Waals surface area contributed by atoms with Gasteiger partial charge in [-0.3, -0.25) is 0 Å². The zero-order valence-electron chi connectivity index (χ0n) is 34.1. The lowest BCUT2D eigenvalue weighted by Gasteiger charge is -2.35. The molecule has 0 fully saturated rings. The van der Waals surface area contributed by atoms with Crippen LogP contribution in [0, 0.1) is 11.8 Å². The van der Waals surface area contributed by atoms with E-state index in [1.54, 1.807) is 0 Å². The Balaban J connectivity index is 0.994. The van der Waals surface area contributed by atoms with Gasteiger partial charge in [-0.2, -0.15) is 0 Å². The molecule has 6 aliphatic rings. The van der Waals surface area contributed by atoms with Crippen LogP contribution < -0.4 is 10.2 Å². The van der Waals surface area contributed by atoms with Crippen LogP contribution in [0.5, 0.6) is 0 Å². The topological polar surface area (TPSA) is 44.9 Å². The van der Waals surface area contributed by atoms with Crippen molar-refractivity contribution in [3.63, 3.8) is 0 Å². The van der Waals surface area contributed by atoms with E-state index in [4.69, 9.17) is 9.98 Å². The quantitative estimate of drug-likeness (QED) is 0.189. The number of hydrogen-bond acceptors (Lipinski definition) is 4. The van der Waals surface area contributed by atoms with Gasteiger partial charge in [-0.1, -0.05) is 176 Å². The van der Waals surface area contributed by atoms with E-state index < -0.39 is 0 Å². The molecule has 4 aliphatic carbocycles. The fourth-order valence-corrected chi connectivity index (χ4v) is 11.0. The highest BCUT2D eigenvalue weighted by Gasteiger charge is 2.40. The first kappa shape index (κ1) is 35.3. The van der Waals surface area contributed by atoms with Gasteiger partial charge in [0.05, 0.1) is 17.2 Å². The Hall–Kier alpha value is -7.50. The van der Waals surface area contributed by atoms with Crippen LogP contribution in [0.2, 0.25) is 0 Å². The molecule has 7 aromatic rings. The predicted molar refractivity (Wildman–Crippen MR) is 258 cm³/mol. The highest BCUT2D eigenvalue weighted by molar-refractivity contribution is 6.14. The molecule has 0 radical (unpaired) electrons. The summed E-state index contributed by atoms with van der Waals surface area (Å²) in [5.74, 6) is 2.10. The zero-order valence-corrected chi connectivity index (χ0v) is 34.1. The average Bonchev–Trinajstić information content (AvgIpc) is 3.85. The molecule has 62 heavy (non-hydrogen) atoms. The van der Waals surface area contributed by atoms with Crippen molar-refractivity contribution < 1.29 is 0 Å². The molecule has 0 saturated carbocycles. The van der Waals surface area contributed by atoms with Gasteiger partial charge in [-0.15, -0.1) is 0 Å². The lowest BCUT2D eigenvalue weighted by molar-refractivity contribution is 0.613. The van der Waals surface area contributed by atoms with Gasteiger partial charge in [0, 0.05) is 67.7 Å². The molecule has 13 rings (SSSR count). The third kappa shape index (κ3) is 5.41. The molecule has 5 heteroatoms. The first-order chi connectivity index (χ1) is 30.8. The molecular weight excluding hydrogens is 755 g/mol. The molecule has 2 aliphatic heterocycles. The lowest BCUT2D eigenvalue weighted by atomic mass is 9.76. The highest BCUT2D eigenvalue weighted by atomic mass is 15.2. The molecule has 5 unspecified atom stereocenters. The van der Waals surface area contributed by atoms with E-state index in [-0.39, 0.29) is 30.0 Å². The number of anilines is 2. The molecular formula is C57H43N5. The van der Waals surface area contributed by atoms with Crippen molar-refractivity contribution in [2.75, 3.05) is 4.90 Å². The summed E-state index contributed by atoms with van der Waals surface area (Å²) in [6.45, 7) is 0. The van der Waals surface area contributed by atoms with Crippen molar-refractivity contribution in [3.8, 4) is 0 Å². The molecule has 0 saturated heterocycles. The van der Waals surface area contributed by atoms with E-state index in [2.05, 4.69) is 209 Å². The second-order valence-electron chi connectivity index (χ2n) is 17.2. The van der Waals surface area contributed by atoms with Crippen LogP contribution in [0.15, 0.2) is 210 Å². The van der Waals surface area contributed by atoms with Crippen molar-refractivity contribution in [2.24, 2.45) is 21.8 Å². The summed E-state index contributed by atoms with van der Waals surface area (Å²) in [5.41, 5.74) is 12.5. The van der Waals surface area contributed by atoms with E-state index in [0.717, 1.165) is 35.6 Å². The third-order valence-electron chi connectivity index (χ3n) is 13.8. The van der Waals surface area contributed by atoms with Crippen LogP contribution in [0.25, 0.3) is 44.2 Å². The second-order valence-corrected chi connectivity index (χ2v) is 17.2. The average molecular weight is 798 g/mol. The molecule has 3 heterocycles. The van der Waals surface area contributed by atoms with Crippen molar-refractivity contribution >= 4 is 67.3 Å². The summed E-state index contributed by atoms with van der Waals surface area (Å²) < 4.78 is 2.62. The molecule has 1 aromatic heterocycles. The minimum atomic E-state index is -0.252. The number of allylic oxidation sites excluding steroid dienone is 10. The summed E-state index contributed by atoms with van der Waals surface area (Å²) in [6, 6.07) is 46.4. The van der Waals surface area contributed by atoms with Crippen LogP contribution in [0.3, 0.4) is 0 Å². The van der Waals surface area contributed by atoms with Crippen molar-refractivity contribution in [1.82, 2.24) is 9.88 Å². The minimum Gasteiger partial charge on any atom is -0.344 e. The SMILES string of the molecule is C1=CC2C(C3=NC(c4ccccc4)=NC(c4ccccc4)N3)=CC=C(n3c4c(c5cc6cccc(N7c8c(ccc9ccccc89)C8C=CC=CC87)c6cc53)C=CCC4)C2C=C1. The fraction of sp³-hybridized carbons (Fsp3) is 0.123. The summed E-state index contributed by atoms with van der Waals surface area (Å²) in [4.78, 5) is 13.0. The number of nitrogens with one attached hydrogen (secondary N) is 1. The van der Waals surface area contributed by atoms with Crippen molar-refractivity contribution in [3.05, 3.63) is 228 Å². The Labute approximate surface area is 361 Å². The first-order valence-electron chi connectivity index (χ1n) is 22.0. The number of aliphatic imine (C=N–C) groups is 2. The van der Waals surface area contributed by atoms with E-state index >= 15 is 0 Å². The molecule has 5 atom stereocenters. The van der Waals surface area contributed by atoms with E-state index in [0.29, 0.717) is 0 Å². The predicted octanol–water partition coefficient (Wildman–Crippen LogP) is 12.9. The highest BCUT2D eigenvalue weighted by Crippen LogP contribution is 2.53. The fourth-order valence-electron chi connectivity index (χ4n) is 11.0. The number of rotatable bonds is 5. The number of fused-ring (bicyclic) bond motifs is 10. The van der Waals surface area contributed by atoms with Crippen LogP contribution in [-0.2, 0) is 6.42 Å². The number of benzene rings is 6. The number of aromatic nitrogens is 1. The number of hydrogen-bond donors (Lipinski definition) is 1. The normalized spacial score (nSPS) is 23.0. The van der Waals surface area contributed by atoms with Gasteiger partial charge in [0.1, 0.15) is 12.0 Å². The van der Waals surface area contributed by atoms with Gasteiger partial charge in [-0.05, 0) is 59.0 Å². The molecule has 5 nitrogen and oxygen atoms in total. The number of nitrogens with zero attached hydrogens (tertiary/aromatic N) is 4. The van der Waals surface area contributed by atoms with Crippen LogP contribution in [0.4, 0.5) is 11.4 Å². The third-order valence-corrected chi connectivity index (χ3v) is 13.8. The van der Waals surface area contributed by atoms with Gasteiger partial charge in [0.25, 0.3) is 0 Å². The van der Waals surface area contributed by atoms with Gasteiger partial charge < -0.3 is 14.8 Å². The minimum absolute atomic E-state index is 0.0820. The van der Waals surface area contributed by atoms with Crippen LogP contribution in [-0.4, -0.2) is 22.3 Å². The van der Waals surface area contributed by atoms with Gasteiger partial charge in [0.2, 0.25) is 0 Å². The maximum atomic E-state index is 5.27. The second kappa shape index (κ2) is 14.0. The Bertz CT molecular complexity index is 3300. The molecule has 1 N–H and O–H groups in total. The standard InChI is InChI=1S/C57H43N5/c1-3-17-37(18-4-1)55-58-56(38-19-5-2-6-20-38)60-57(59-55)46-32-33-52(42-24-10-9-23-41(42)46)61-49-27-13-12-26-44(49)48-34-39-21-15-29-51(47(39)35-53(48)61)62-50-28-14-11-25-43(50)45-31-30-36-16-7-8-22-40(36)54(45)62/h1-12,14-26,28-35,41-43,50,55H,13,27H2,(H,58,59,60). The number of amidine groups is 2.